The summed E-state index contributed by atoms with van der Waals surface area (Å²) in [5.74, 6) is 2.46. The fraction of sp³-hybridized carbons (Fsp3) is 0.188. The van der Waals surface area contributed by atoms with E-state index in [4.69, 9.17) is 9.47 Å². The summed E-state index contributed by atoms with van der Waals surface area (Å²) >= 11 is 0. The van der Waals surface area contributed by atoms with Crippen LogP contribution in [0.1, 0.15) is 5.82 Å². The molecule has 1 heterocycles. The maximum atomic E-state index is 5.49. The molecule has 4 nitrogen and oxygen atoms in total. The summed E-state index contributed by atoms with van der Waals surface area (Å²) in [6, 6.07) is 13.8. The number of aryl methyl sites for hydroxylation is 1. The van der Waals surface area contributed by atoms with Gasteiger partial charge in [0.2, 0.25) is 0 Å². The van der Waals surface area contributed by atoms with Gasteiger partial charge in [-0.1, -0.05) is 12.1 Å². The monoisotopic (exact) mass is 268 g/mol. The lowest BCUT2D eigenvalue weighted by molar-refractivity contribution is 0.393. The van der Waals surface area contributed by atoms with E-state index in [0.717, 1.165) is 34.0 Å². The smallest absolute Gasteiger partial charge is 0.146 e. The van der Waals surface area contributed by atoms with E-state index in [-0.39, 0.29) is 0 Å². The van der Waals surface area contributed by atoms with Crippen molar-refractivity contribution in [1.82, 2.24) is 9.55 Å². The van der Waals surface area contributed by atoms with Crippen molar-refractivity contribution in [3.8, 4) is 17.2 Å². The van der Waals surface area contributed by atoms with Crippen LogP contribution in [0, 0.1) is 6.92 Å². The zero-order chi connectivity index (χ0) is 14.1. The number of fused-ring (bicyclic) bond motifs is 1. The molecule has 0 aliphatic carbocycles. The van der Waals surface area contributed by atoms with Crippen molar-refractivity contribution in [2.24, 2.45) is 0 Å². The third-order valence-electron chi connectivity index (χ3n) is 3.36. The summed E-state index contributed by atoms with van der Waals surface area (Å²) < 4.78 is 12.8. The molecule has 4 heteroatoms. The van der Waals surface area contributed by atoms with Gasteiger partial charge >= 0.3 is 0 Å². The van der Waals surface area contributed by atoms with Crippen LogP contribution < -0.4 is 9.47 Å². The van der Waals surface area contributed by atoms with Gasteiger partial charge in [-0.15, -0.1) is 0 Å². The van der Waals surface area contributed by atoms with E-state index < -0.39 is 0 Å². The molecule has 1 aromatic heterocycles. The van der Waals surface area contributed by atoms with Crippen LogP contribution in [0.3, 0.4) is 0 Å². The Bertz CT molecular complexity index is 762. The molecule has 0 spiro atoms. The minimum absolute atomic E-state index is 0.760. The molecule has 102 valence electrons. The van der Waals surface area contributed by atoms with E-state index in [2.05, 4.69) is 15.6 Å². The molecule has 0 N–H and O–H groups in total. The van der Waals surface area contributed by atoms with Crippen LogP contribution in [0.5, 0.6) is 11.5 Å². The van der Waals surface area contributed by atoms with E-state index in [9.17, 15) is 0 Å². The standard InChI is InChI=1S/C16H16N2O2/c1-11-17-13-6-4-5-7-14(13)18(11)15-9-8-12(19-2)10-16(15)20-3/h4-10H,1-3H3. The van der Waals surface area contributed by atoms with Gasteiger partial charge in [0.05, 0.1) is 30.9 Å². The first kappa shape index (κ1) is 12.5. The van der Waals surface area contributed by atoms with Crippen molar-refractivity contribution in [2.75, 3.05) is 14.2 Å². The fourth-order valence-corrected chi connectivity index (χ4v) is 2.42. The quantitative estimate of drug-likeness (QED) is 0.731. The Morgan fingerprint density at radius 1 is 1.00 bits per heavy atom. The molecule has 0 saturated carbocycles. The second-order valence-corrected chi connectivity index (χ2v) is 4.52. The number of nitrogens with zero attached hydrogens (tertiary/aromatic N) is 2. The molecular formula is C16H16N2O2. The van der Waals surface area contributed by atoms with Gasteiger partial charge in [0, 0.05) is 6.07 Å². The summed E-state index contributed by atoms with van der Waals surface area (Å²) in [5, 5.41) is 0. The van der Waals surface area contributed by atoms with Crippen LogP contribution in [0.2, 0.25) is 0 Å². The van der Waals surface area contributed by atoms with Gasteiger partial charge < -0.3 is 9.47 Å². The Morgan fingerprint density at radius 3 is 2.55 bits per heavy atom. The molecule has 0 aliphatic rings. The lowest BCUT2D eigenvalue weighted by atomic mass is 10.2. The molecule has 0 bridgehead atoms. The van der Waals surface area contributed by atoms with Gasteiger partial charge in [0.25, 0.3) is 0 Å². The summed E-state index contributed by atoms with van der Waals surface area (Å²) in [5.41, 5.74) is 3.00. The number of para-hydroxylation sites is 2. The van der Waals surface area contributed by atoms with Crippen LogP contribution >= 0.6 is 0 Å². The van der Waals surface area contributed by atoms with Gasteiger partial charge in [-0.25, -0.2) is 4.98 Å². The molecule has 0 radical (unpaired) electrons. The van der Waals surface area contributed by atoms with Crippen molar-refractivity contribution >= 4 is 11.0 Å². The van der Waals surface area contributed by atoms with E-state index in [1.807, 2.05) is 43.3 Å². The molecular weight excluding hydrogens is 252 g/mol. The number of ether oxygens (including phenoxy) is 2. The summed E-state index contributed by atoms with van der Waals surface area (Å²) in [6.07, 6.45) is 0. The first-order valence-electron chi connectivity index (χ1n) is 6.41. The van der Waals surface area contributed by atoms with Crippen LogP contribution in [0.15, 0.2) is 42.5 Å². The van der Waals surface area contributed by atoms with Crippen molar-refractivity contribution in [2.45, 2.75) is 6.92 Å². The van der Waals surface area contributed by atoms with E-state index in [1.54, 1.807) is 14.2 Å². The zero-order valence-corrected chi connectivity index (χ0v) is 11.8. The average molecular weight is 268 g/mol. The highest BCUT2D eigenvalue weighted by molar-refractivity contribution is 5.79. The molecule has 3 rings (SSSR count). The van der Waals surface area contributed by atoms with Gasteiger partial charge in [0.1, 0.15) is 17.3 Å². The number of imidazole rings is 1. The first-order valence-corrected chi connectivity index (χ1v) is 6.41. The van der Waals surface area contributed by atoms with Crippen molar-refractivity contribution < 1.29 is 9.47 Å². The number of hydrogen-bond acceptors (Lipinski definition) is 3. The molecule has 20 heavy (non-hydrogen) atoms. The third-order valence-corrected chi connectivity index (χ3v) is 3.36. The number of methoxy groups -OCH3 is 2. The Balaban J connectivity index is 2.28. The Labute approximate surface area is 117 Å². The number of hydrogen-bond donors (Lipinski definition) is 0. The van der Waals surface area contributed by atoms with Gasteiger partial charge in [-0.05, 0) is 31.2 Å². The maximum absolute atomic E-state index is 5.49. The number of rotatable bonds is 3. The molecule has 0 aliphatic heterocycles. The highest BCUT2D eigenvalue weighted by Crippen LogP contribution is 2.31. The number of benzene rings is 2. The summed E-state index contributed by atoms with van der Waals surface area (Å²) in [7, 11) is 3.30. The SMILES string of the molecule is COc1ccc(-n2c(C)nc3ccccc32)c(OC)c1. The zero-order valence-electron chi connectivity index (χ0n) is 11.8. The first-order chi connectivity index (χ1) is 9.74. The van der Waals surface area contributed by atoms with Crippen LogP contribution in [0.25, 0.3) is 16.7 Å². The molecule has 0 unspecified atom stereocenters. The van der Waals surface area contributed by atoms with Gasteiger partial charge in [0.15, 0.2) is 0 Å². The van der Waals surface area contributed by atoms with E-state index in [1.165, 1.54) is 0 Å². The highest BCUT2D eigenvalue weighted by Gasteiger charge is 2.13. The van der Waals surface area contributed by atoms with Crippen LogP contribution in [-0.2, 0) is 0 Å². The second-order valence-electron chi connectivity index (χ2n) is 4.52. The normalized spacial score (nSPS) is 10.8. The molecule has 0 saturated heterocycles. The van der Waals surface area contributed by atoms with Gasteiger partial charge in [-0.3, -0.25) is 4.57 Å². The van der Waals surface area contributed by atoms with E-state index in [0.29, 0.717) is 0 Å². The van der Waals surface area contributed by atoms with E-state index >= 15 is 0 Å². The van der Waals surface area contributed by atoms with Crippen molar-refractivity contribution in [3.63, 3.8) is 0 Å². The highest BCUT2D eigenvalue weighted by atomic mass is 16.5. The summed E-state index contributed by atoms with van der Waals surface area (Å²) in [6.45, 7) is 1.99. The second kappa shape index (κ2) is 4.89. The minimum Gasteiger partial charge on any atom is -0.497 e. The number of aromatic nitrogens is 2. The summed E-state index contributed by atoms with van der Waals surface area (Å²) in [4.78, 5) is 4.58. The van der Waals surface area contributed by atoms with Gasteiger partial charge in [-0.2, -0.15) is 0 Å². The molecule has 0 atom stereocenters. The molecule has 0 amide bonds. The van der Waals surface area contributed by atoms with Crippen molar-refractivity contribution in [3.05, 3.63) is 48.3 Å². The average Bonchev–Trinajstić information content (AvgIpc) is 2.82. The Kier molecular flexibility index (Phi) is 3.06. The maximum Gasteiger partial charge on any atom is 0.146 e. The largest absolute Gasteiger partial charge is 0.497 e. The van der Waals surface area contributed by atoms with Crippen LogP contribution in [0.4, 0.5) is 0 Å². The lowest BCUT2D eigenvalue weighted by Crippen LogP contribution is -2.00. The van der Waals surface area contributed by atoms with Crippen molar-refractivity contribution in [1.29, 1.82) is 0 Å². The Hall–Kier alpha value is -2.49. The third kappa shape index (κ3) is 1.90. The molecule has 0 fully saturated rings. The lowest BCUT2D eigenvalue weighted by Gasteiger charge is -2.13. The molecule has 3 aromatic rings. The topological polar surface area (TPSA) is 36.3 Å². The molecule has 2 aromatic carbocycles. The van der Waals surface area contributed by atoms with Crippen LogP contribution in [-0.4, -0.2) is 23.8 Å². The predicted octanol–water partition coefficient (Wildman–Crippen LogP) is 3.35. The predicted molar refractivity (Wildman–Crippen MR) is 78.9 cm³/mol. The Morgan fingerprint density at radius 2 is 1.80 bits per heavy atom. The fourth-order valence-electron chi connectivity index (χ4n) is 2.42. The minimum atomic E-state index is 0.760.